The number of rotatable bonds is 0. The Morgan fingerprint density at radius 2 is 2.31 bits per heavy atom. The highest BCUT2D eigenvalue weighted by Crippen LogP contribution is 2.31. The van der Waals surface area contributed by atoms with Gasteiger partial charge in [0, 0.05) is 11.6 Å². The van der Waals surface area contributed by atoms with Crippen LogP contribution in [-0.4, -0.2) is 5.97 Å². The lowest BCUT2D eigenvalue weighted by atomic mass is 10.00. The van der Waals surface area contributed by atoms with Gasteiger partial charge in [-0.3, -0.25) is 4.79 Å². The molecule has 13 heavy (non-hydrogen) atoms. The van der Waals surface area contributed by atoms with Crippen LogP contribution in [0.4, 0.5) is 0 Å². The minimum Gasteiger partial charge on any atom is -0.426 e. The molecule has 0 aromatic heterocycles. The number of hydrogen-bond acceptors (Lipinski definition) is 3. The van der Waals surface area contributed by atoms with Crippen LogP contribution in [0.25, 0.3) is 0 Å². The quantitative estimate of drug-likeness (QED) is 0.480. The maximum Gasteiger partial charge on any atom is 0.313 e. The summed E-state index contributed by atoms with van der Waals surface area (Å²) in [5, 5.41) is 0. The first-order valence-electron chi connectivity index (χ1n) is 4.23. The molecule has 0 saturated carbocycles. The van der Waals surface area contributed by atoms with E-state index in [4.69, 9.17) is 10.5 Å². The number of benzene rings is 1. The topological polar surface area (TPSA) is 52.3 Å². The molecular weight excluding hydrogens is 166 g/mol. The van der Waals surface area contributed by atoms with Crippen LogP contribution in [0.15, 0.2) is 18.2 Å². The van der Waals surface area contributed by atoms with Gasteiger partial charge in [0.15, 0.2) is 0 Å². The molecule has 0 amide bonds. The number of carbonyl (C=O) groups excluding carboxylic acids is 1. The summed E-state index contributed by atoms with van der Waals surface area (Å²) in [6.07, 6.45) is 0.274. The van der Waals surface area contributed by atoms with Gasteiger partial charge in [0.2, 0.25) is 0 Å². The highest BCUT2D eigenvalue weighted by molar-refractivity contribution is 5.76. The van der Waals surface area contributed by atoms with Crippen LogP contribution in [0, 0.1) is 6.92 Å². The highest BCUT2D eigenvalue weighted by Gasteiger charge is 2.23. The predicted octanol–water partition coefficient (Wildman–Crippen LogP) is 1.30. The Bertz CT molecular complexity index is 360. The van der Waals surface area contributed by atoms with Gasteiger partial charge in [-0.2, -0.15) is 0 Å². The fourth-order valence-electron chi connectivity index (χ4n) is 1.49. The summed E-state index contributed by atoms with van der Waals surface area (Å²) in [5.41, 5.74) is 7.78. The Balaban J connectivity index is 2.49. The molecule has 0 spiro atoms. The number of nitrogens with two attached hydrogens (primary N) is 1. The zero-order chi connectivity index (χ0) is 9.42. The molecule has 0 bridgehead atoms. The molecule has 1 heterocycles. The van der Waals surface area contributed by atoms with Crippen LogP contribution in [0.3, 0.4) is 0 Å². The van der Waals surface area contributed by atoms with Crippen molar-refractivity contribution < 1.29 is 9.53 Å². The molecule has 1 atom stereocenters. The van der Waals surface area contributed by atoms with Crippen LogP contribution in [0.1, 0.15) is 23.6 Å². The van der Waals surface area contributed by atoms with Crippen LogP contribution in [0.2, 0.25) is 0 Å². The van der Waals surface area contributed by atoms with E-state index in [1.165, 1.54) is 0 Å². The first kappa shape index (κ1) is 8.26. The lowest BCUT2D eigenvalue weighted by molar-refractivity contribution is -0.135. The molecule has 0 saturated heterocycles. The molecule has 1 aromatic rings. The molecule has 1 aliphatic heterocycles. The van der Waals surface area contributed by atoms with E-state index in [1.807, 2.05) is 25.1 Å². The number of aryl methyl sites for hydroxylation is 1. The van der Waals surface area contributed by atoms with E-state index < -0.39 is 0 Å². The van der Waals surface area contributed by atoms with Gasteiger partial charge >= 0.3 is 5.97 Å². The second-order valence-corrected chi connectivity index (χ2v) is 3.33. The number of esters is 1. The van der Waals surface area contributed by atoms with Crippen LogP contribution >= 0.6 is 0 Å². The maximum absolute atomic E-state index is 11.0. The summed E-state index contributed by atoms with van der Waals surface area (Å²) in [7, 11) is 0. The molecule has 0 aliphatic carbocycles. The van der Waals surface area contributed by atoms with Crippen LogP contribution < -0.4 is 10.5 Å². The van der Waals surface area contributed by atoms with Crippen molar-refractivity contribution in [3.8, 4) is 5.75 Å². The molecule has 0 radical (unpaired) electrons. The second kappa shape index (κ2) is 2.85. The summed E-state index contributed by atoms with van der Waals surface area (Å²) in [6.45, 7) is 1.95. The molecule has 1 aromatic carbocycles. The van der Waals surface area contributed by atoms with Gasteiger partial charge in [-0.1, -0.05) is 12.1 Å². The van der Waals surface area contributed by atoms with Crippen molar-refractivity contribution in [2.75, 3.05) is 0 Å². The fraction of sp³-hybridized carbons (Fsp3) is 0.300. The van der Waals surface area contributed by atoms with E-state index in [0.717, 1.165) is 11.1 Å². The van der Waals surface area contributed by atoms with E-state index in [-0.39, 0.29) is 18.4 Å². The van der Waals surface area contributed by atoms with E-state index in [0.29, 0.717) is 5.75 Å². The van der Waals surface area contributed by atoms with Gasteiger partial charge < -0.3 is 10.5 Å². The van der Waals surface area contributed by atoms with E-state index in [9.17, 15) is 4.79 Å². The lowest BCUT2D eigenvalue weighted by Gasteiger charge is -2.21. The number of fused-ring (bicyclic) bond motifs is 1. The van der Waals surface area contributed by atoms with Gasteiger partial charge in [-0.15, -0.1) is 0 Å². The van der Waals surface area contributed by atoms with Gasteiger partial charge in [0.05, 0.1) is 6.42 Å². The van der Waals surface area contributed by atoms with Gasteiger partial charge in [-0.05, 0) is 18.6 Å². The zero-order valence-electron chi connectivity index (χ0n) is 7.41. The predicted molar refractivity (Wildman–Crippen MR) is 48.4 cm³/mol. The molecule has 1 unspecified atom stereocenters. The Labute approximate surface area is 76.5 Å². The molecule has 2 rings (SSSR count). The van der Waals surface area contributed by atoms with Crippen LogP contribution in [0.5, 0.6) is 5.75 Å². The van der Waals surface area contributed by atoms with Crippen molar-refractivity contribution in [1.82, 2.24) is 0 Å². The molecule has 0 fully saturated rings. The molecule has 68 valence electrons. The Morgan fingerprint density at radius 3 is 3.08 bits per heavy atom. The molecule has 1 aliphatic rings. The van der Waals surface area contributed by atoms with Gasteiger partial charge in [0.25, 0.3) is 0 Å². The number of ether oxygens (including phenoxy) is 1. The first-order chi connectivity index (χ1) is 6.16. The third-order valence-corrected chi connectivity index (χ3v) is 2.18. The van der Waals surface area contributed by atoms with Crippen molar-refractivity contribution in [2.45, 2.75) is 19.4 Å². The molecular formula is C10H11NO2. The Hall–Kier alpha value is -1.35. The van der Waals surface area contributed by atoms with Crippen molar-refractivity contribution in [2.24, 2.45) is 5.73 Å². The maximum atomic E-state index is 11.0. The molecule has 2 N–H and O–H groups in total. The summed E-state index contributed by atoms with van der Waals surface area (Å²) < 4.78 is 5.06. The minimum absolute atomic E-state index is 0.211. The summed E-state index contributed by atoms with van der Waals surface area (Å²) in [6, 6.07) is 5.52. The zero-order valence-corrected chi connectivity index (χ0v) is 7.41. The summed E-state index contributed by atoms with van der Waals surface area (Å²) in [5.74, 6) is 0.370. The minimum atomic E-state index is -0.245. The van der Waals surface area contributed by atoms with Gasteiger partial charge in [-0.25, -0.2) is 0 Å². The first-order valence-corrected chi connectivity index (χ1v) is 4.23. The summed E-state index contributed by atoms with van der Waals surface area (Å²) >= 11 is 0. The average molecular weight is 177 g/mol. The fourth-order valence-corrected chi connectivity index (χ4v) is 1.49. The monoisotopic (exact) mass is 177 g/mol. The summed E-state index contributed by atoms with van der Waals surface area (Å²) in [4.78, 5) is 11.0. The second-order valence-electron chi connectivity index (χ2n) is 3.33. The Kier molecular flexibility index (Phi) is 1.81. The van der Waals surface area contributed by atoms with Gasteiger partial charge in [0.1, 0.15) is 5.75 Å². The van der Waals surface area contributed by atoms with Crippen molar-refractivity contribution in [1.29, 1.82) is 0 Å². The highest BCUT2D eigenvalue weighted by atomic mass is 16.5. The largest absolute Gasteiger partial charge is 0.426 e. The third-order valence-electron chi connectivity index (χ3n) is 2.18. The number of hydrogen-bond donors (Lipinski definition) is 1. The molecule has 3 heteroatoms. The van der Waals surface area contributed by atoms with Crippen molar-refractivity contribution in [3.63, 3.8) is 0 Å². The smallest absolute Gasteiger partial charge is 0.313 e. The van der Waals surface area contributed by atoms with E-state index >= 15 is 0 Å². The van der Waals surface area contributed by atoms with Crippen molar-refractivity contribution in [3.05, 3.63) is 29.3 Å². The third kappa shape index (κ3) is 1.42. The number of carbonyl (C=O) groups is 1. The normalized spacial score (nSPS) is 20.8. The van der Waals surface area contributed by atoms with Crippen LogP contribution in [-0.2, 0) is 4.79 Å². The molecule has 3 nitrogen and oxygen atoms in total. The SMILES string of the molecule is Cc1ccc2c(c1)OC(=O)CC2N. The van der Waals surface area contributed by atoms with Crippen molar-refractivity contribution >= 4 is 5.97 Å². The Morgan fingerprint density at radius 1 is 1.54 bits per heavy atom. The average Bonchev–Trinajstić information content (AvgIpc) is 2.02. The van der Waals surface area contributed by atoms with E-state index in [1.54, 1.807) is 0 Å². The standard InChI is InChI=1S/C10H11NO2/c1-6-2-3-7-8(11)5-10(12)13-9(7)4-6/h2-4,8H,5,11H2,1H3. The lowest BCUT2D eigenvalue weighted by Crippen LogP contribution is -2.25. The van der Waals surface area contributed by atoms with E-state index in [2.05, 4.69) is 0 Å².